The molecular weight excluding hydrogens is 317 g/mol. The zero-order chi connectivity index (χ0) is 16.4. The molecule has 1 aromatic heterocycles. The molecule has 124 valence electrons. The highest BCUT2D eigenvalue weighted by molar-refractivity contribution is 7.88. The van der Waals surface area contributed by atoms with E-state index in [2.05, 4.69) is 4.98 Å². The molecule has 2 heterocycles. The largest absolute Gasteiger partial charge is 0.334 e. The first-order valence-corrected chi connectivity index (χ1v) is 9.29. The first-order valence-electron chi connectivity index (χ1n) is 7.68. The maximum absolute atomic E-state index is 13.8. The van der Waals surface area contributed by atoms with Crippen LogP contribution in [-0.4, -0.2) is 34.9 Å². The molecule has 0 unspecified atom stereocenters. The summed E-state index contributed by atoms with van der Waals surface area (Å²) in [6.07, 6.45) is 5.21. The molecule has 0 saturated carbocycles. The molecule has 1 saturated heterocycles. The van der Waals surface area contributed by atoms with Crippen molar-refractivity contribution in [2.45, 2.75) is 38.1 Å². The lowest BCUT2D eigenvalue weighted by Gasteiger charge is -2.25. The topological polar surface area (TPSA) is 55.2 Å². The number of hydrogen-bond acceptors (Lipinski definition) is 3. The summed E-state index contributed by atoms with van der Waals surface area (Å²) < 4.78 is 42.7. The molecule has 0 spiro atoms. The predicted molar refractivity (Wildman–Crippen MR) is 85.7 cm³/mol. The maximum atomic E-state index is 13.8. The van der Waals surface area contributed by atoms with Crippen molar-refractivity contribution < 1.29 is 12.8 Å². The van der Waals surface area contributed by atoms with E-state index in [4.69, 9.17) is 0 Å². The Morgan fingerprint density at radius 3 is 2.83 bits per heavy atom. The highest BCUT2D eigenvalue weighted by atomic mass is 32.2. The van der Waals surface area contributed by atoms with Crippen LogP contribution in [0.25, 0.3) is 0 Å². The van der Waals surface area contributed by atoms with Crippen molar-refractivity contribution in [3.05, 3.63) is 53.9 Å². The van der Waals surface area contributed by atoms with Crippen LogP contribution in [0.5, 0.6) is 0 Å². The van der Waals surface area contributed by atoms with Gasteiger partial charge in [0.1, 0.15) is 11.6 Å². The standard InChI is InChI=1S/C16H20FN3O2S/c1-13-18-8-10-19(13)11-15-6-4-9-20(15)23(21,22)12-14-5-2-3-7-16(14)17/h2-3,5,7-8,10,15H,4,6,9,11-12H2,1H3/t15-/m1/s1. The summed E-state index contributed by atoms with van der Waals surface area (Å²) >= 11 is 0. The molecule has 7 heteroatoms. The van der Waals surface area contributed by atoms with E-state index in [-0.39, 0.29) is 17.4 Å². The molecule has 0 aliphatic carbocycles. The first kappa shape index (κ1) is 16.1. The second kappa shape index (κ2) is 6.41. The third-order valence-electron chi connectivity index (χ3n) is 4.31. The monoisotopic (exact) mass is 337 g/mol. The number of imidazole rings is 1. The van der Waals surface area contributed by atoms with Crippen LogP contribution in [0.2, 0.25) is 0 Å². The minimum absolute atomic E-state index is 0.0975. The Balaban J connectivity index is 1.78. The van der Waals surface area contributed by atoms with E-state index in [9.17, 15) is 12.8 Å². The summed E-state index contributed by atoms with van der Waals surface area (Å²) in [7, 11) is -3.54. The van der Waals surface area contributed by atoms with Crippen molar-refractivity contribution in [3.8, 4) is 0 Å². The van der Waals surface area contributed by atoms with Crippen molar-refractivity contribution in [1.82, 2.24) is 13.9 Å². The number of nitrogens with zero attached hydrogens (tertiary/aromatic N) is 3. The lowest BCUT2D eigenvalue weighted by atomic mass is 10.2. The van der Waals surface area contributed by atoms with Gasteiger partial charge in [0.25, 0.3) is 0 Å². The van der Waals surface area contributed by atoms with E-state index < -0.39 is 15.8 Å². The number of aryl methyl sites for hydroxylation is 1. The minimum Gasteiger partial charge on any atom is -0.334 e. The summed E-state index contributed by atoms with van der Waals surface area (Å²) in [5.41, 5.74) is 0.219. The van der Waals surface area contributed by atoms with Crippen LogP contribution in [0.15, 0.2) is 36.7 Å². The van der Waals surface area contributed by atoms with Crippen LogP contribution in [0.4, 0.5) is 4.39 Å². The van der Waals surface area contributed by atoms with Crippen LogP contribution in [0.1, 0.15) is 24.2 Å². The summed E-state index contributed by atoms with van der Waals surface area (Å²) in [5, 5.41) is 0. The van der Waals surface area contributed by atoms with Crippen molar-refractivity contribution in [2.24, 2.45) is 0 Å². The third-order valence-corrected chi connectivity index (χ3v) is 6.18. The second-order valence-corrected chi connectivity index (χ2v) is 7.80. The van der Waals surface area contributed by atoms with Crippen molar-refractivity contribution in [3.63, 3.8) is 0 Å². The van der Waals surface area contributed by atoms with E-state index in [1.54, 1.807) is 18.3 Å². The molecule has 2 aromatic rings. The first-order chi connectivity index (χ1) is 11.0. The fraction of sp³-hybridized carbons (Fsp3) is 0.438. The fourth-order valence-corrected chi connectivity index (χ4v) is 4.90. The Bertz CT molecular complexity index is 788. The van der Waals surface area contributed by atoms with Gasteiger partial charge in [0.15, 0.2) is 0 Å². The SMILES string of the molecule is Cc1nccn1C[C@H]1CCCN1S(=O)(=O)Cc1ccccc1F. The lowest BCUT2D eigenvalue weighted by Crippen LogP contribution is -2.39. The van der Waals surface area contributed by atoms with Crippen LogP contribution in [-0.2, 0) is 22.3 Å². The lowest BCUT2D eigenvalue weighted by molar-refractivity contribution is 0.349. The molecule has 0 radical (unpaired) electrons. The molecule has 0 N–H and O–H groups in total. The molecule has 5 nitrogen and oxygen atoms in total. The van der Waals surface area contributed by atoms with Gasteiger partial charge in [-0.2, -0.15) is 4.31 Å². The second-order valence-electron chi connectivity index (χ2n) is 5.88. The smallest absolute Gasteiger partial charge is 0.218 e. The van der Waals surface area contributed by atoms with Gasteiger partial charge < -0.3 is 4.57 Å². The molecule has 1 aliphatic rings. The van der Waals surface area contributed by atoms with E-state index in [1.807, 2.05) is 17.7 Å². The molecule has 0 amide bonds. The molecule has 23 heavy (non-hydrogen) atoms. The van der Waals surface area contributed by atoms with Crippen LogP contribution < -0.4 is 0 Å². The van der Waals surface area contributed by atoms with Gasteiger partial charge in [-0.25, -0.2) is 17.8 Å². The van der Waals surface area contributed by atoms with Crippen molar-refractivity contribution >= 4 is 10.0 Å². The predicted octanol–water partition coefficient (Wildman–Crippen LogP) is 2.33. The Hall–Kier alpha value is -1.73. The Kier molecular flexibility index (Phi) is 4.50. The molecule has 0 bridgehead atoms. The van der Waals surface area contributed by atoms with Crippen molar-refractivity contribution in [2.75, 3.05) is 6.54 Å². The summed E-state index contributed by atoms with van der Waals surface area (Å²) in [5.74, 6) is 0.0969. The van der Waals surface area contributed by atoms with E-state index in [0.29, 0.717) is 13.1 Å². The molecule has 1 atom stereocenters. The van der Waals surface area contributed by atoms with E-state index in [0.717, 1.165) is 18.7 Å². The average Bonchev–Trinajstić information content (AvgIpc) is 3.12. The minimum atomic E-state index is -3.54. The van der Waals surface area contributed by atoms with Gasteiger partial charge in [0.05, 0.1) is 5.75 Å². The molecule has 1 fully saturated rings. The number of hydrogen-bond donors (Lipinski definition) is 0. The fourth-order valence-electron chi connectivity index (χ4n) is 3.08. The normalized spacial score (nSPS) is 19.3. The van der Waals surface area contributed by atoms with Gasteiger partial charge in [0, 0.05) is 37.1 Å². The molecule has 1 aromatic carbocycles. The number of halogens is 1. The van der Waals surface area contributed by atoms with Gasteiger partial charge >= 0.3 is 0 Å². The highest BCUT2D eigenvalue weighted by Crippen LogP contribution is 2.25. The summed E-state index contributed by atoms with van der Waals surface area (Å²) in [4.78, 5) is 4.17. The van der Waals surface area contributed by atoms with Gasteiger partial charge in [-0.1, -0.05) is 18.2 Å². The number of benzene rings is 1. The van der Waals surface area contributed by atoms with E-state index in [1.165, 1.54) is 16.4 Å². The Morgan fingerprint density at radius 2 is 2.13 bits per heavy atom. The Morgan fingerprint density at radius 1 is 1.35 bits per heavy atom. The maximum Gasteiger partial charge on any atom is 0.218 e. The van der Waals surface area contributed by atoms with Gasteiger partial charge in [-0.15, -0.1) is 0 Å². The highest BCUT2D eigenvalue weighted by Gasteiger charge is 2.34. The molecular formula is C16H20FN3O2S. The zero-order valence-electron chi connectivity index (χ0n) is 13.0. The number of rotatable bonds is 5. The average molecular weight is 337 g/mol. The van der Waals surface area contributed by atoms with Gasteiger partial charge in [0.2, 0.25) is 10.0 Å². The summed E-state index contributed by atoms with van der Waals surface area (Å²) in [6.45, 7) is 2.98. The van der Waals surface area contributed by atoms with Crippen molar-refractivity contribution in [1.29, 1.82) is 0 Å². The van der Waals surface area contributed by atoms with E-state index >= 15 is 0 Å². The van der Waals surface area contributed by atoms with Gasteiger partial charge in [-0.3, -0.25) is 0 Å². The van der Waals surface area contributed by atoms with Gasteiger partial charge in [-0.05, 0) is 25.8 Å². The number of sulfonamides is 1. The Labute approximate surface area is 135 Å². The third kappa shape index (κ3) is 3.45. The molecule has 1 aliphatic heterocycles. The number of aromatic nitrogens is 2. The summed E-state index contributed by atoms with van der Waals surface area (Å²) in [6, 6.07) is 5.94. The van der Waals surface area contributed by atoms with Crippen LogP contribution in [0.3, 0.4) is 0 Å². The molecule has 3 rings (SSSR count). The van der Waals surface area contributed by atoms with Crippen LogP contribution in [0, 0.1) is 12.7 Å². The quantitative estimate of drug-likeness (QED) is 0.841. The zero-order valence-corrected chi connectivity index (χ0v) is 13.8. The van der Waals surface area contributed by atoms with Crippen LogP contribution >= 0.6 is 0 Å².